The molecule has 166 valence electrons. The molecule has 0 atom stereocenters. The molecule has 4 heterocycles. The van der Waals surface area contributed by atoms with Gasteiger partial charge in [0.25, 0.3) is 0 Å². The van der Waals surface area contributed by atoms with Gasteiger partial charge in [-0.1, -0.05) is 31.2 Å². The number of hydrogen-bond donors (Lipinski definition) is 0. The molecular formula is C26H26N6O. The third-order valence-corrected chi connectivity index (χ3v) is 6.61. The Morgan fingerprint density at radius 3 is 2.45 bits per heavy atom. The van der Waals surface area contributed by atoms with Gasteiger partial charge in [-0.2, -0.15) is 15.5 Å². The molecular weight excluding hydrogens is 412 g/mol. The van der Waals surface area contributed by atoms with Crippen LogP contribution < -0.4 is 0 Å². The van der Waals surface area contributed by atoms with Gasteiger partial charge >= 0.3 is 0 Å². The fourth-order valence-corrected chi connectivity index (χ4v) is 4.77. The topological polar surface area (TPSA) is 79.2 Å². The molecule has 33 heavy (non-hydrogen) atoms. The number of carbonyl (C=O) groups excluding carboxylic acids is 1. The monoisotopic (exact) mass is 438 g/mol. The van der Waals surface area contributed by atoms with Gasteiger partial charge in [-0.25, -0.2) is 4.52 Å². The normalized spacial score (nSPS) is 14.5. The van der Waals surface area contributed by atoms with E-state index < -0.39 is 0 Å². The summed E-state index contributed by atoms with van der Waals surface area (Å²) in [4.78, 5) is 14.0. The van der Waals surface area contributed by atoms with Crippen molar-refractivity contribution in [3.05, 3.63) is 66.2 Å². The fourth-order valence-electron chi connectivity index (χ4n) is 4.77. The Bertz CT molecular complexity index is 1350. The Hall–Kier alpha value is -3.92. The second-order valence-electron chi connectivity index (χ2n) is 8.64. The molecule has 0 bridgehead atoms. The van der Waals surface area contributed by atoms with Gasteiger partial charge < -0.3 is 4.90 Å². The summed E-state index contributed by atoms with van der Waals surface area (Å²) in [7, 11) is 1.89. The second kappa shape index (κ2) is 8.55. The molecule has 1 aliphatic heterocycles. The highest BCUT2D eigenvalue weighted by molar-refractivity contribution is 5.87. The molecule has 0 unspecified atom stereocenters. The van der Waals surface area contributed by atoms with Crippen molar-refractivity contribution in [2.45, 2.75) is 32.1 Å². The SMILES string of the molecule is CCC(=O)N1CCC(c2ccc(-c3cc(-c4cnn(C)c4)cn4ncc(C#N)c34)cc2)CC1. The van der Waals surface area contributed by atoms with Crippen LogP contribution in [0.1, 0.15) is 43.2 Å². The van der Waals surface area contributed by atoms with Gasteiger partial charge in [0.05, 0.1) is 23.5 Å². The summed E-state index contributed by atoms with van der Waals surface area (Å²) < 4.78 is 3.56. The van der Waals surface area contributed by atoms with Gasteiger partial charge in [-0.15, -0.1) is 0 Å². The summed E-state index contributed by atoms with van der Waals surface area (Å²) in [6.45, 7) is 3.58. The van der Waals surface area contributed by atoms with Crippen molar-refractivity contribution in [3.8, 4) is 28.3 Å². The molecule has 0 N–H and O–H groups in total. The maximum Gasteiger partial charge on any atom is 0.222 e. The average molecular weight is 439 g/mol. The van der Waals surface area contributed by atoms with Crippen molar-refractivity contribution < 1.29 is 4.79 Å². The first-order valence-electron chi connectivity index (χ1n) is 11.4. The van der Waals surface area contributed by atoms with Crippen LogP contribution in [0.4, 0.5) is 0 Å². The summed E-state index contributed by atoms with van der Waals surface area (Å²) in [5, 5.41) is 18.3. The van der Waals surface area contributed by atoms with E-state index in [2.05, 4.69) is 46.6 Å². The fraction of sp³-hybridized carbons (Fsp3) is 0.308. The van der Waals surface area contributed by atoms with Crippen molar-refractivity contribution in [3.63, 3.8) is 0 Å². The number of aromatic nitrogens is 4. The number of hydrogen-bond acceptors (Lipinski definition) is 4. The first-order valence-corrected chi connectivity index (χ1v) is 11.4. The number of amides is 1. The van der Waals surface area contributed by atoms with Crippen molar-refractivity contribution >= 4 is 11.4 Å². The van der Waals surface area contributed by atoms with Crippen molar-refractivity contribution in [1.82, 2.24) is 24.3 Å². The van der Waals surface area contributed by atoms with Gasteiger partial charge in [0.2, 0.25) is 5.91 Å². The molecule has 1 saturated heterocycles. The lowest BCUT2D eigenvalue weighted by Crippen LogP contribution is -2.37. The standard InChI is InChI=1S/C26H26N6O/c1-3-25(33)31-10-8-19(9-11-31)18-4-6-20(7-5-18)24-12-21(23-15-28-30(2)16-23)17-32-26(24)22(13-27)14-29-32/h4-7,12,14-17,19H,3,8-11H2,1-2H3. The van der Waals surface area contributed by atoms with E-state index in [1.807, 2.05) is 37.5 Å². The van der Waals surface area contributed by atoms with Gasteiger partial charge in [0.15, 0.2) is 0 Å². The van der Waals surface area contributed by atoms with Gasteiger partial charge in [-0.3, -0.25) is 9.48 Å². The van der Waals surface area contributed by atoms with Gasteiger partial charge in [0.1, 0.15) is 6.07 Å². The van der Waals surface area contributed by atoms with Gasteiger partial charge in [-0.05, 0) is 36.0 Å². The third kappa shape index (κ3) is 3.89. The van der Waals surface area contributed by atoms with Crippen molar-refractivity contribution in [2.24, 2.45) is 7.05 Å². The lowest BCUT2D eigenvalue weighted by Gasteiger charge is -2.32. The molecule has 1 aliphatic rings. The van der Waals surface area contributed by atoms with Crippen LogP contribution in [0.3, 0.4) is 0 Å². The van der Waals surface area contributed by atoms with E-state index in [0.29, 0.717) is 17.9 Å². The number of rotatable bonds is 4. The zero-order valence-corrected chi connectivity index (χ0v) is 18.9. The first-order chi connectivity index (χ1) is 16.1. The Morgan fingerprint density at radius 1 is 1.06 bits per heavy atom. The molecule has 0 aliphatic carbocycles. The molecule has 0 radical (unpaired) electrons. The predicted molar refractivity (Wildman–Crippen MR) is 126 cm³/mol. The molecule has 1 amide bonds. The van der Waals surface area contributed by atoms with Crippen LogP contribution in [-0.4, -0.2) is 43.3 Å². The van der Waals surface area contributed by atoms with E-state index in [9.17, 15) is 10.1 Å². The average Bonchev–Trinajstić information content (AvgIpc) is 3.49. The molecule has 1 aromatic carbocycles. The van der Waals surface area contributed by atoms with E-state index in [1.165, 1.54) is 5.56 Å². The highest BCUT2D eigenvalue weighted by atomic mass is 16.2. The Balaban J connectivity index is 1.48. The second-order valence-corrected chi connectivity index (χ2v) is 8.64. The number of likely N-dealkylation sites (tertiary alicyclic amines) is 1. The summed E-state index contributed by atoms with van der Waals surface area (Å²) in [5.41, 5.74) is 6.68. The highest BCUT2D eigenvalue weighted by Crippen LogP contribution is 2.34. The molecule has 5 rings (SSSR count). The van der Waals surface area contributed by atoms with E-state index in [-0.39, 0.29) is 5.91 Å². The molecule has 0 spiro atoms. The molecule has 7 heteroatoms. The number of fused-ring (bicyclic) bond motifs is 1. The summed E-state index contributed by atoms with van der Waals surface area (Å²) >= 11 is 0. The number of carbonyl (C=O) groups is 1. The lowest BCUT2D eigenvalue weighted by atomic mass is 9.88. The van der Waals surface area contributed by atoms with Crippen molar-refractivity contribution in [1.29, 1.82) is 5.26 Å². The van der Waals surface area contributed by atoms with Crippen LogP contribution in [0, 0.1) is 11.3 Å². The number of benzene rings is 1. The summed E-state index contributed by atoms with van der Waals surface area (Å²) in [5.74, 6) is 0.710. The maximum atomic E-state index is 12.0. The lowest BCUT2D eigenvalue weighted by molar-refractivity contribution is -0.131. The number of nitriles is 1. The smallest absolute Gasteiger partial charge is 0.222 e. The summed E-state index contributed by atoms with van der Waals surface area (Å²) in [6.07, 6.45) is 9.92. The maximum absolute atomic E-state index is 12.0. The Kier molecular flexibility index (Phi) is 5.43. The van der Waals surface area contributed by atoms with Crippen LogP contribution in [0.15, 0.2) is 55.1 Å². The van der Waals surface area contributed by atoms with Crippen molar-refractivity contribution in [2.75, 3.05) is 13.1 Å². The minimum absolute atomic E-state index is 0.246. The predicted octanol–water partition coefficient (Wildman–Crippen LogP) is 4.39. The van der Waals surface area contributed by atoms with Crippen LogP contribution in [0.5, 0.6) is 0 Å². The number of aryl methyl sites for hydroxylation is 1. The Labute approximate surface area is 192 Å². The molecule has 7 nitrogen and oxygen atoms in total. The minimum atomic E-state index is 0.246. The number of pyridine rings is 1. The first kappa shape index (κ1) is 21.0. The molecule has 4 aromatic rings. The van der Waals surface area contributed by atoms with Crippen LogP contribution in [0.2, 0.25) is 0 Å². The quantitative estimate of drug-likeness (QED) is 0.473. The largest absolute Gasteiger partial charge is 0.343 e. The summed E-state index contributed by atoms with van der Waals surface area (Å²) in [6, 6.07) is 13.0. The zero-order chi connectivity index (χ0) is 22.9. The van der Waals surface area contributed by atoms with E-state index in [0.717, 1.165) is 53.7 Å². The Morgan fingerprint density at radius 2 is 1.82 bits per heavy atom. The highest BCUT2D eigenvalue weighted by Gasteiger charge is 2.23. The third-order valence-electron chi connectivity index (χ3n) is 6.61. The number of nitrogens with zero attached hydrogens (tertiary/aromatic N) is 6. The zero-order valence-electron chi connectivity index (χ0n) is 18.9. The van der Waals surface area contributed by atoms with E-state index >= 15 is 0 Å². The molecule has 0 saturated carbocycles. The minimum Gasteiger partial charge on any atom is -0.343 e. The van der Waals surface area contributed by atoms with Gasteiger partial charge in [0, 0.05) is 55.6 Å². The van der Waals surface area contributed by atoms with Crippen LogP contribution in [0.25, 0.3) is 27.8 Å². The molecule has 3 aromatic heterocycles. The molecule has 1 fully saturated rings. The van der Waals surface area contributed by atoms with E-state index in [1.54, 1.807) is 15.4 Å². The number of piperidine rings is 1. The van der Waals surface area contributed by atoms with E-state index in [4.69, 9.17) is 0 Å². The van der Waals surface area contributed by atoms with Crippen LogP contribution in [-0.2, 0) is 11.8 Å². The van der Waals surface area contributed by atoms with Crippen LogP contribution >= 0.6 is 0 Å².